The number of halogens is 2. The van der Waals surface area contributed by atoms with E-state index < -0.39 is 0 Å². The third kappa shape index (κ3) is 2.77. The molecule has 0 fully saturated rings. The second kappa shape index (κ2) is 5.04. The highest BCUT2D eigenvalue weighted by Gasteiger charge is 2.19. The summed E-state index contributed by atoms with van der Waals surface area (Å²) in [6.45, 7) is 4.85. The Balaban J connectivity index is 2.58. The molecule has 0 saturated heterocycles. The first-order chi connectivity index (χ1) is 8.43. The minimum absolute atomic E-state index is 0.00421. The average molecular weight is 283 g/mol. The van der Waals surface area contributed by atoms with E-state index in [1.165, 1.54) is 0 Å². The first kappa shape index (κ1) is 13.6. The highest BCUT2D eigenvalue weighted by molar-refractivity contribution is 6.38. The summed E-state index contributed by atoms with van der Waals surface area (Å²) in [5.74, 6) is 0. The standard InChI is InChI=1S/C14H16Cl2N2/c1-14(2,8-17)7-12-13-9(3-4-18-12)5-10(15)6-11(13)16/h3-6H,7-8,17H2,1-2H3. The van der Waals surface area contributed by atoms with Crippen molar-refractivity contribution in [3.8, 4) is 0 Å². The van der Waals surface area contributed by atoms with Crippen molar-refractivity contribution >= 4 is 34.0 Å². The van der Waals surface area contributed by atoms with E-state index in [0.717, 1.165) is 22.9 Å². The number of hydrogen-bond acceptors (Lipinski definition) is 2. The summed E-state index contributed by atoms with van der Waals surface area (Å²) in [7, 11) is 0. The lowest BCUT2D eigenvalue weighted by Gasteiger charge is -2.22. The van der Waals surface area contributed by atoms with Gasteiger partial charge in [0, 0.05) is 16.6 Å². The Hall–Kier alpha value is -0.830. The number of fused-ring (bicyclic) bond motifs is 1. The van der Waals surface area contributed by atoms with E-state index in [4.69, 9.17) is 28.9 Å². The number of nitrogens with two attached hydrogens (primary N) is 1. The van der Waals surface area contributed by atoms with Crippen LogP contribution in [0.15, 0.2) is 24.4 Å². The summed E-state index contributed by atoms with van der Waals surface area (Å²) in [6, 6.07) is 5.58. The first-order valence-electron chi connectivity index (χ1n) is 5.86. The molecule has 0 unspecified atom stereocenters. The third-order valence-corrected chi connectivity index (χ3v) is 3.57. The fourth-order valence-electron chi connectivity index (χ4n) is 1.96. The maximum Gasteiger partial charge on any atom is 0.0517 e. The molecule has 4 heteroatoms. The van der Waals surface area contributed by atoms with Crippen LogP contribution in [0.1, 0.15) is 19.5 Å². The predicted octanol–water partition coefficient (Wildman–Crippen LogP) is 4.07. The second-order valence-electron chi connectivity index (χ2n) is 5.29. The van der Waals surface area contributed by atoms with Crippen molar-refractivity contribution in [2.75, 3.05) is 6.54 Å². The molecule has 2 aromatic rings. The molecule has 0 aliphatic rings. The normalized spacial score (nSPS) is 12.1. The van der Waals surface area contributed by atoms with Gasteiger partial charge in [-0.2, -0.15) is 0 Å². The molecule has 1 aromatic carbocycles. The lowest BCUT2D eigenvalue weighted by atomic mass is 9.86. The molecule has 96 valence electrons. The third-order valence-electron chi connectivity index (χ3n) is 3.06. The lowest BCUT2D eigenvalue weighted by Crippen LogP contribution is -2.26. The van der Waals surface area contributed by atoms with Gasteiger partial charge in [-0.1, -0.05) is 37.0 Å². The number of rotatable bonds is 3. The van der Waals surface area contributed by atoms with E-state index in [0.29, 0.717) is 16.6 Å². The van der Waals surface area contributed by atoms with E-state index in [1.54, 1.807) is 12.3 Å². The number of pyridine rings is 1. The molecule has 0 amide bonds. The Morgan fingerprint density at radius 2 is 2.00 bits per heavy atom. The van der Waals surface area contributed by atoms with Crippen LogP contribution in [0.3, 0.4) is 0 Å². The Morgan fingerprint density at radius 3 is 2.67 bits per heavy atom. The van der Waals surface area contributed by atoms with E-state index in [2.05, 4.69) is 18.8 Å². The highest BCUT2D eigenvalue weighted by Crippen LogP contribution is 2.32. The first-order valence-corrected chi connectivity index (χ1v) is 6.61. The van der Waals surface area contributed by atoms with Crippen molar-refractivity contribution in [3.63, 3.8) is 0 Å². The van der Waals surface area contributed by atoms with E-state index >= 15 is 0 Å². The Labute approximate surface area is 117 Å². The van der Waals surface area contributed by atoms with Crippen LogP contribution in [0.25, 0.3) is 10.8 Å². The van der Waals surface area contributed by atoms with Crippen molar-refractivity contribution in [2.45, 2.75) is 20.3 Å². The summed E-state index contributed by atoms with van der Waals surface area (Å²) in [6.07, 6.45) is 2.58. The van der Waals surface area contributed by atoms with Crippen LogP contribution >= 0.6 is 23.2 Å². The van der Waals surface area contributed by atoms with Gasteiger partial charge in [0.1, 0.15) is 0 Å². The average Bonchev–Trinajstić information content (AvgIpc) is 2.27. The Morgan fingerprint density at radius 1 is 1.28 bits per heavy atom. The zero-order valence-electron chi connectivity index (χ0n) is 10.5. The fraction of sp³-hybridized carbons (Fsp3) is 0.357. The van der Waals surface area contributed by atoms with Crippen molar-refractivity contribution in [1.82, 2.24) is 4.98 Å². The van der Waals surface area contributed by atoms with Gasteiger partial charge in [0.05, 0.1) is 10.7 Å². The summed E-state index contributed by atoms with van der Waals surface area (Å²) < 4.78 is 0. The van der Waals surface area contributed by atoms with E-state index in [9.17, 15) is 0 Å². The molecule has 2 nitrogen and oxygen atoms in total. The summed E-state index contributed by atoms with van der Waals surface area (Å²) >= 11 is 12.3. The zero-order valence-corrected chi connectivity index (χ0v) is 12.0. The monoisotopic (exact) mass is 282 g/mol. The zero-order chi connectivity index (χ0) is 13.3. The molecular formula is C14H16Cl2N2. The topological polar surface area (TPSA) is 38.9 Å². The lowest BCUT2D eigenvalue weighted by molar-refractivity contribution is 0.374. The smallest absolute Gasteiger partial charge is 0.0517 e. The molecule has 0 aliphatic heterocycles. The van der Waals surface area contributed by atoms with Gasteiger partial charge in [-0.05, 0) is 42.0 Å². The van der Waals surface area contributed by atoms with Gasteiger partial charge < -0.3 is 5.73 Å². The van der Waals surface area contributed by atoms with Crippen LogP contribution in [-0.2, 0) is 6.42 Å². The number of benzene rings is 1. The Bertz CT molecular complexity index is 579. The van der Waals surface area contributed by atoms with Crippen molar-refractivity contribution in [2.24, 2.45) is 11.1 Å². The quantitative estimate of drug-likeness (QED) is 0.922. The summed E-state index contributed by atoms with van der Waals surface area (Å²) in [4.78, 5) is 4.45. The van der Waals surface area contributed by atoms with Crippen molar-refractivity contribution in [3.05, 3.63) is 40.1 Å². The minimum atomic E-state index is 0.00421. The highest BCUT2D eigenvalue weighted by atomic mass is 35.5. The van der Waals surface area contributed by atoms with Crippen LogP contribution in [-0.4, -0.2) is 11.5 Å². The van der Waals surface area contributed by atoms with Crippen LogP contribution < -0.4 is 5.73 Å². The van der Waals surface area contributed by atoms with Gasteiger partial charge in [-0.25, -0.2) is 0 Å². The maximum atomic E-state index is 6.28. The largest absolute Gasteiger partial charge is 0.330 e. The number of nitrogens with zero attached hydrogens (tertiary/aromatic N) is 1. The molecule has 0 bridgehead atoms. The van der Waals surface area contributed by atoms with Crippen molar-refractivity contribution < 1.29 is 0 Å². The van der Waals surface area contributed by atoms with E-state index in [-0.39, 0.29) is 5.41 Å². The van der Waals surface area contributed by atoms with Crippen LogP contribution in [0, 0.1) is 5.41 Å². The number of aromatic nitrogens is 1. The fourth-order valence-corrected chi connectivity index (χ4v) is 2.58. The van der Waals surface area contributed by atoms with Gasteiger partial charge in [0.15, 0.2) is 0 Å². The number of hydrogen-bond donors (Lipinski definition) is 1. The Kier molecular flexibility index (Phi) is 3.81. The summed E-state index contributed by atoms with van der Waals surface area (Å²) in [5.41, 5.74) is 6.76. The maximum absolute atomic E-state index is 6.28. The SMILES string of the molecule is CC(C)(CN)Cc1nccc2cc(Cl)cc(Cl)c12. The molecule has 18 heavy (non-hydrogen) atoms. The molecule has 0 aliphatic carbocycles. The van der Waals surface area contributed by atoms with E-state index in [1.807, 2.05) is 12.1 Å². The van der Waals surface area contributed by atoms with Gasteiger partial charge >= 0.3 is 0 Å². The van der Waals surface area contributed by atoms with Gasteiger partial charge in [-0.15, -0.1) is 0 Å². The molecule has 2 N–H and O–H groups in total. The van der Waals surface area contributed by atoms with Gasteiger partial charge in [0.25, 0.3) is 0 Å². The minimum Gasteiger partial charge on any atom is -0.330 e. The van der Waals surface area contributed by atoms with Crippen LogP contribution in [0.2, 0.25) is 10.0 Å². The molecule has 1 aromatic heterocycles. The van der Waals surface area contributed by atoms with Crippen LogP contribution in [0.5, 0.6) is 0 Å². The van der Waals surface area contributed by atoms with Gasteiger partial charge in [-0.3, -0.25) is 4.98 Å². The van der Waals surface area contributed by atoms with Crippen LogP contribution in [0.4, 0.5) is 0 Å². The molecule has 2 rings (SSSR count). The molecular weight excluding hydrogens is 267 g/mol. The van der Waals surface area contributed by atoms with Gasteiger partial charge in [0.2, 0.25) is 0 Å². The predicted molar refractivity (Wildman–Crippen MR) is 78.3 cm³/mol. The molecule has 0 atom stereocenters. The molecule has 0 saturated carbocycles. The molecule has 0 spiro atoms. The summed E-state index contributed by atoms with van der Waals surface area (Å²) in [5, 5.41) is 3.28. The molecule has 0 radical (unpaired) electrons. The second-order valence-corrected chi connectivity index (χ2v) is 6.13. The molecule has 1 heterocycles. The van der Waals surface area contributed by atoms with Crippen molar-refractivity contribution in [1.29, 1.82) is 0 Å².